The van der Waals surface area contributed by atoms with Crippen LogP contribution in [0.1, 0.15) is 24.7 Å². The Kier molecular flexibility index (Phi) is 4.96. The van der Waals surface area contributed by atoms with E-state index in [4.69, 9.17) is 17.3 Å². The molecule has 1 aromatic rings. The van der Waals surface area contributed by atoms with Crippen LogP contribution < -0.4 is 5.73 Å². The van der Waals surface area contributed by atoms with Crippen LogP contribution in [-0.2, 0) is 12.8 Å². The molecular formula is C10H18ClN3S. The molecule has 86 valence electrons. The van der Waals surface area contributed by atoms with E-state index in [1.165, 1.54) is 0 Å². The molecule has 0 aliphatic rings. The lowest BCUT2D eigenvalue weighted by Gasteiger charge is -2.09. The number of nitrogens with two attached hydrogens (primary N) is 1. The highest BCUT2D eigenvalue weighted by molar-refractivity contribution is 7.99. The first kappa shape index (κ1) is 12.9. The topological polar surface area (TPSA) is 43.8 Å². The third-order valence-corrected chi connectivity index (χ3v) is 4.08. The monoisotopic (exact) mass is 247 g/mol. The van der Waals surface area contributed by atoms with Crippen LogP contribution in [0.15, 0.2) is 0 Å². The summed E-state index contributed by atoms with van der Waals surface area (Å²) in [6.45, 7) is 4.86. The van der Waals surface area contributed by atoms with Crippen molar-refractivity contribution in [2.75, 3.05) is 6.54 Å². The molecule has 0 aliphatic carbocycles. The van der Waals surface area contributed by atoms with Gasteiger partial charge in [-0.25, -0.2) is 0 Å². The summed E-state index contributed by atoms with van der Waals surface area (Å²) in [5, 5.41) is 5.65. The Morgan fingerprint density at radius 3 is 2.73 bits per heavy atom. The normalized spacial score (nSPS) is 13.1. The molecule has 0 saturated carbocycles. The number of aryl methyl sites for hydroxylation is 2. The lowest BCUT2D eigenvalue weighted by molar-refractivity contribution is 0.726. The highest BCUT2D eigenvalue weighted by Gasteiger charge is 2.12. The predicted octanol–water partition coefficient (Wildman–Crippen LogP) is 2.35. The number of hydrogen-bond donors (Lipinski definition) is 1. The minimum atomic E-state index is 0.571. The highest BCUT2D eigenvalue weighted by Crippen LogP contribution is 2.26. The maximum Gasteiger partial charge on any atom is 0.0855 e. The fraction of sp³-hybridized carbons (Fsp3) is 0.700. The number of hydrogen-bond acceptors (Lipinski definition) is 3. The molecule has 0 aliphatic heterocycles. The summed E-state index contributed by atoms with van der Waals surface area (Å²) in [5.41, 5.74) is 7.51. The van der Waals surface area contributed by atoms with Gasteiger partial charge in [0.2, 0.25) is 0 Å². The summed E-state index contributed by atoms with van der Waals surface area (Å²) in [6, 6.07) is 0. The van der Waals surface area contributed by atoms with Crippen molar-refractivity contribution in [2.45, 2.75) is 31.3 Å². The van der Waals surface area contributed by atoms with Crippen molar-refractivity contribution in [3.8, 4) is 0 Å². The smallest absolute Gasteiger partial charge is 0.0855 e. The van der Waals surface area contributed by atoms with Crippen LogP contribution in [-0.4, -0.2) is 21.6 Å². The van der Waals surface area contributed by atoms with Crippen molar-refractivity contribution in [1.82, 2.24) is 9.78 Å². The Morgan fingerprint density at radius 2 is 2.27 bits per heavy atom. The van der Waals surface area contributed by atoms with E-state index in [9.17, 15) is 0 Å². The van der Waals surface area contributed by atoms with E-state index >= 15 is 0 Å². The van der Waals surface area contributed by atoms with Gasteiger partial charge in [-0.2, -0.15) is 16.9 Å². The second kappa shape index (κ2) is 5.77. The number of nitrogens with zero attached hydrogens (tertiary/aromatic N) is 2. The van der Waals surface area contributed by atoms with E-state index in [1.807, 2.05) is 30.4 Å². The second-order valence-electron chi connectivity index (χ2n) is 3.67. The number of halogens is 1. The third-order valence-electron chi connectivity index (χ3n) is 2.34. The molecule has 1 rings (SSSR count). The van der Waals surface area contributed by atoms with Crippen LogP contribution in [0.5, 0.6) is 0 Å². The zero-order valence-electron chi connectivity index (χ0n) is 9.46. The summed E-state index contributed by atoms with van der Waals surface area (Å²) in [6.07, 6.45) is 1.04. The number of rotatable bonds is 5. The molecule has 1 atom stereocenters. The van der Waals surface area contributed by atoms with Crippen LogP contribution in [0.2, 0.25) is 5.02 Å². The average Bonchev–Trinajstić information content (AvgIpc) is 2.40. The second-order valence-corrected chi connectivity index (χ2v) is 5.47. The van der Waals surface area contributed by atoms with E-state index in [0.717, 1.165) is 35.1 Å². The maximum absolute atomic E-state index is 6.15. The quantitative estimate of drug-likeness (QED) is 0.869. The van der Waals surface area contributed by atoms with Crippen molar-refractivity contribution < 1.29 is 0 Å². The molecule has 0 radical (unpaired) electrons. The SMILES string of the molecule is Cc1nn(C)c(CSC(C)CCN)c1Cl. The molecule has 1 heterocycles. The van der Waals surface area contributed by atoms with Gasteiger partial charge >= 0.3 is 0 Å². The summed E-state index contributed by atoms with van der Waals surface area (Å²) in [4.78, 5) is 0. The van der Waals surface area contributed by atoms with Gasteiger partial charge in [0.25, 0.3) is 0 Å². The van der Waals surface area contributed by atoms with Crippen LogP contribution >= 0.6 is 23.4 Å². The van der Waals surface area contributed by atoms with Crippen molar-refractivity contribution in [3.63, 3.8) is 0 Å². The van der Waals surface area contributed by atoms with Crippen molar-refractivity contribution >= 4 is 23.4 Å². The van der Waals surface area contributed by atoms with Crippen LogP contribution in [0.4, 0.5) is 0 Å². The fourth-order valence-electron chi connectivity index (χ4n) is 1.38. The first-order valence-electron chi connectivity index (χ1n) is 5.06. The number of aromatic nitrogens is 2. The predicted molar refractivity (Wildman–Crippen MR) is 67.4 cm³/mol. The third kappa shape index (κ3) is 3.40. The van der Waals surface area contributed by atoms with Gasteiger partial charge in [0, 0.05) is 18.1 Å². The van der Waals surface area contributed by atoms with Crippen molar-refractivity contribution in [2.24, 2.45) is 12.8 Å². The van der Waals surface area contributed by atoms with E-state index in [2.05, 4.69) is 12.0 Å². The largest absolute Gasteiger partial charge is 0.330 e. The van der Waals surface area contributed by atoms with E-state index < -0.39 is 0 Å². The van der Waals surface area contributed by atoms with E-state index in [0.29, 0.717) is 5.25 Å². The Balaban J connectivity index is 2.57. The first-order chi connectivity index (χ1) is 7.06. The number of thioether (sulfide) groups is 1. The summed E-state index contributed by atoms with van der Waals surface area (Å²) >= 11 is 8.02. The van der Waals surface area contributed by atoms with Gasteiger partial charge in [0.15, 0.2) is 0 Å². The Bertz CT molecular complexity index is 325. The zero-order chi connectivity index (χ0) is 11.4. The molecule has 0 amide bonds. The standard InChI is InChI=1S/C10H18ClN3S/c1-7(4-5-12)15-6-9-10(11)8(2)13-14(9)3/h7H,4-6,12H2,1-3H3. The van der Waals surface area contributed by atoms with Crippen molar-refractivity contribution in [1.29, 1.82) is 0 Å². The molecule has 1 aromatic heterocycles. The Morgan fingerprint density at radius 1 is 1.60 bits per heavy atom. The minimum absolute atomic E-state index is 0.571. The molecule has 2 N–H and O–H groups in total. The van der Waals surface area contributed by atoms with Crippen LogP contribution in [0.3, 0.4) is 0 Å². The fourth-order valence-corrected chi connectivity index (χ4v) is 2.76. The van der Waals surface area contributed by atoms with Crippen LogP contribution in [0.25, 0.3) is 0 Å². The van der Waals surface area contributed by atoms with Gasteiger partial charge in [-0.15, -0.1) is 0 Å². The Hall–Kier alpha value is -0.190. The van der Waals surface area contributed by atoms with Gasteiger partial charge in [-0.1, -0.05) is 18.5 Å². The molecule has 15 heavy (non-hydrogen) atoms. The van der Waals surface area contributed by atoms with Gasteiger partial charge in [-0.3, -0.25) is 4.68 Å². The van der Waals surface area contributed by atoms with Gasteiger partial charge in [0.1, 0.15) is 0 Å². The lowest BCUT2D eigenvalue weighted by atomic mass is 10.3. The molecule has 0 saturated heterocycles. The van der Waals surface area contributed by atoms with Gasteiger partial charge < -0.3 is 5.73 Å². The molecule has 0 spiro atoms. The molecule has 0 fully saturated rings. The molecule has 0 bridgehead atoms. The summed E-state index contributed by atoms with van der Waals surface area (Å²) < 4.78 is 1.86. The molecule has 1 unspecified atom stereocenters. The molecular weight excluding hydrogens is 230 g/mol. The highest BCUT2D eigenvalue weighted by atomic mass is 35.5. The first-order valence-corrected chi connectivity index (χ1v) is 6.48. The Labute approximate surface area is 100 Å². The van der Waals surface area contributed by atoms with E-state index in [1.54, 1.807) is 0 Å². The summed E-state index contributed by atoms with van der Waals surface area (Å²) in [7, 11) is 1.93. The molecule has 5 heteroatoms. The lowest BCUT2D eigenvalue weighted by Crippen LogP contribution is -2.08. The van der Waals surface area contributed by atoms with Gasteiger partial charge in [-0.05, 0) is 19.9 Å². The summed E-state index contributed by atoms with van der Waals surface area (Å²) in [5.74, 6) is 0.900. The zero-order valence-corrected chi connectivity index (χ0v) is 11.0. The molecule has 3 nitrogen and oxygen atoms in total. The molecule has 0 aromatic carbocycles. The van der Waals surface area contributed by atoms with Crippen LogP contribution in [0, 0.1) is 6.92 Å². The average molecular weight is 248 g/mol. The van der Waals surface area contributed by atoms with Gasteiger partial charge in [0.05, 0.1) is 16.4 Å². The van der Waals surface area contributed by atoms with Crippen molar-refractivity contribution in [3.05, 3.63) is 16.4 Å². The maximum atomic E-state index is 6.15. The van der Waals surface area contributed by atoms with E-state index in [-0.39, 0.29) is 0 Å². The minimum Gasteiger partial charge on any atom is -0.330 e.